The predicted octanol–water partition coefficient (Wildman–Crippen LogP) is 0.575. The van der Waals surface area contributed by atoms with E-state index in [0.717, 1.165) is 0 Å². The van der Waals surface area contributed by atoms with Crippen molar-refractivity contribution in [2.45, 2.75) is 12.6 Å². The zero-order chi connectivity index (χ0) is 12.9. The van der Waals surface area contributed by atoms with Crippen molar-refractivity contribution in [2.24, 2.45) is 5.84 Å². The molecule has 1 aromatic heterocycles. The standard InChI is InChI=1S/C8H12F3N5O/c9-8(10,11)7-14-5(13-2-1-3-17)4-6(15-7)16-12/h4,17H,1-3,12H2,(H2,13,14,15,16). The molecule has 17 heavy (non-hydrogen) atoms. The summed E-state index contributed by atoms with van der Waals surface area (Å²) in [7, 11) is 0. The largest absolute Gasteiger partial charge is 0.451 e. The summed E-state index contributed by atoms with van der Waals surface area (Å²) in [6.45, 7) is 0.237. The van der Waals surface area contributed by atoms with E-state index >= 15 is 0 Å². The fourth-order valence-electron chi connectivity index (χ4n) is 1.03. The number of nitrogens with two attached hydrogens (primary N) is 1. The number of aliphatic hydroxyl groups is 1. The summed E-state index contributed by atoms with van der Waals surface area (Å²) in [5.74, 6) is 3.59. The molecule has 0 saturated carbocycles. The molecule has 0 fully saturated rings. The lowest BCUT2D eigenvalue weighted by Gasteiger charge is -2.10. The van der Waals surface area contributed by atoms with Gasteiger partial charge in [0, 0.05) is 19.2 Å². The summed E-state index contributed by atoms with van der Waals surface area (Å²) >= 11 is 0. The average molecular weight is 251 g/mol. The van der Waals surface area contributed by atoms with E-state index in [1.807, 2.05) is 5.43 Å². The minimum absolute atomic E-state index is 0.00581. The molecule has 0 saturated heterocycles. The van der Waals surface area contributed by atoms with Crippen LogP contribution in [0.1, 0.15) is 12.2 Å². The van der Waals surface area contributed by atoms with Gasteiger partial charge in [-0.2, -0.15) is 13.2 Å². The molecule has 1 heterocycles. The molecule has 0 aliphatic rings. The fraction of sp³-hybridized carbons (Fsp3) is 0.500. The third-order valence-corrected chi connectivity index (χ3v) is 1.77. The van der Waals surface area contributed by atoms with Crippen LogP contribution in [0, 0.1) is 0 Å². The Kier molecular flexibility index (Phi) is 4.46. The molecule has 5 N–H and O–H groups in total. The van der Waals surface area contributed by atoms with Gasteiger partial charge in [-0.25, -0.2) is 15.8 Å². The predicted molar refractivity (Wildman–Crippen MR) is 55.0 cm³/mol. The number of rotatable bonds is 5. The second-order valence-corrected chi connectivity index (χ2v) is 3.11. The van der Waals surface area contributed by atoms with Crippen LogP contribution < -0.4 is 16.6 Å². The number of halogens is 3. The van der Waals surface area contributed by atoms with Crippen molar-refractivity contribution in [2.75, 3.05) is 23.9 Å². The van der Waals surface area contributed by atoms with E-state index in [1.54, 1.807) is 0 Å². The molecule has 0 bridgehead atoms. The Morgan fingerprint density at radius 1 is 1.29 bits per heavy atom. The number of nitrogens with zero attached hydrogens (tertiary/aromatic N) is 2. The SMILES string of the molecule is NNc1cc(NCCCO)nc(C(F)(F)F)n1. The van der Waals surface area contributed by atoms with Gasteiger partial charge in [0.1, 0.15) is 11.6 Å². The lowest BCUT2D eigenvalue weighted by atomic mass is 10.4. The summed E-state index contributed by atoms with van der Waals surface area (Å²) < 4.78 is 37.2. The van der Waals surface area contributed by atoms with Crippen LogP contribution in [0.4, 0.5) is 24.8 Å². The van der Waals surface area contributed by atoms with E-state index in [2.05, 4.69) is 15.3 Å². The quantitative estimate of drug-likeness (QED) is 0.347. The van der Waals surface area contributed by atoms with Gasteiger partial charge in [-0.15, -0.1) is 0 Å². The number of hydrogen-bond acceptors (Lipinski definition) is 6. The van der Waals surface area contributed by atoms with Gasteiger partial charge >= 0.3 is 6.18 Å². The number of alkyl halides is 3. The molecule has 6 nitrogen and oxygen atoms in total. The van der Waals surface area contributed by atoms with Gasteiger partial charge in [0.25, 0.3) is 0 Å². The van der Waals surface area contributed by atoms with Crippen molar-refractivity contribution in [1.82, 2.24) is 9.97 Å². The number of hydrogen-bond donors (Lipinski definition) is 4. The van der Waals surface area contributed by atoms with Crippen LogP contribution in [0.15, 0.2) is 6.07 Å². The number of nitrogens with one attached hydrogen (secondary N) is 2. The molecule has 1 rings (SSSR count). The Labute approximate surface area is 95.0 Å². The number of nitrogen functional groups attached to an aromatic ring is 1. The minimum Gasteiger partial charge on any atom is -0.396 e. The van der Waals surface area contributed by atoms with Gasteiger partial charge < -0.3 is 15.8 Å². The molecule has 0 aliphatic carbocycles. The molecule has 0 spiro atoms. The Morgan fingerprint density at radius 3 is 2.47 bits per heavy atom. The summed E-state index contributed by atoms with van der Waals surface area (Å²) in [6.07, 6.45) is -4.24. The van der Waals surface area contributed by atoms with Crippen molar-refractivity contribution in [3.63, 3.8) is 0 Å². The van der Waals surface area contributed by atoms with Crippen molar-refractivity contribution in [3.05, 3.63) is 11.9 Å². The number of aliphatic hydroxyl groups excluding tert-OH is 1. The van der Waals surface area contributed by atoms with E-state index < -0.39 is 12.0 Å². The van der Waals surface area contributed by atoms with E-state index in [1.165, 1.54) is 6.07 Å². The highest BCUT2D eigenvalue weighted by Gasteiger charge is 2.35. The van der Waals surface area contributed by atoms with Crippen molar-refractivity contribution in [1.29, 1.82) is 0 Å². The highest BCUT2D eigenvalue weighted by molar-refractivity contribution is 5.47. The molecular formula is C8H12F3N5O. The number of anilines is 2. The topological polar surface area (TPSA) is 96.1 Å². The maximum Gasteiger partial charge on any atom is 0.451 e. The highest BCUT2D eigenvalue weighted by atomic mass is 19.4. The second-order valence-electron chi connectivity index (χ2n) is 3.11. The van der Waals surface area contributed by atoms with Crippen LogP contribution in [0.5, 0.6) is 0 Å². The molecule has 1 aromatic rings. The summed E-state index contributed by atoms with van der Waals surface area (Å²) in [6, 6.07) is 1.24. The lowest BCUT2D eigenvalue weighted by molar-refractivity contribution is -0.144. The molecule has 96 valence electrons. The van der Waals surface area contributed by atoms with Crippen LogP contribution in [-0.4, -0.2) is 28.2 Å². The molecule has 0 atom stereocenters. The van der Waals surface area contributed by atoms with Crippen molar-refractivity contribution < 1.29 is 18.3 Å². The van der Waals surface area contributed by atoms with E-state index in [-0.39, 0.29) is 18.2 Å². The zero-order valence-corrected chi connectivity index (χ0v) is 8.75. The summed E-state index contributed by atoms with van der Waals surface area (Å²) in [5, 5.41) is 11.2. The van der Waals surface area contributed by atoms with Crippen molar-refractivity contribution in [3.8, 4) is 0 Å². The average Bonchev–Trinajstić information content (AvgIpc) is 2.28. The molecular weight excluding hydrogens is 239 g/mol. The molecule has 0 amide bonds. The first-order chi connectivity index (χ1) is 7.97. The molecule has 0 radical (unpaired) electrons. The Hall–Kier alpha value is -1.61. The second kappa shape index (κ2) is 5.64. The van der Waals surface area contributed by atoms with E-state index in [4.69, 9.17) is 10.9 Å². The first-order valence-electron chi connectivity index (χ1n) is 4.75. The Morgan fingerprint density at radius 2 is 1.94 bits per heavy atom. The number of aromatic nitrogens is 2. The van der Waals surface area contributed by atoms with Gasteiger partial charge in [0.15, 0.2) is 0 Å². The van der Waals surface area contributed by atoms with Crippen LogP contribution >= 0.6 is 0 Å². The minimum atomic E-state index is -4.64. The van der Waals surface area contributed by atoms with E-state index in [9.17, 15) is 13.2 Å². The van der Waals surface area contributed by atoms with Gasteiger partial charge in [0.2, 0.25) is 5.82 Å². The molecule has 0 aromatic carbocycles. The molecule has 0 unspecified atom stereocenters. The third kappa shape index (κ3) is 4.04. The van der Waals surface area contributed by atoms with Crippen LogP contribution in [0.25, 0.3) is 0 Å². The maximum atomic E-state index is 12.4. The maximum absolute atomic E-state index is 12.4. The zero-order valence-electron chi connectivity index (χ0n) is 8.75. The first kappa shape index (κ1) is 13.5. The van der Waals surface area contributed by atoms with Gasteiger partial charge in [-0.1, -0.05) is 0 Å². The molecule has 0 aliphatic heterocycles. The normalized spacial score (nSPS) is 11.4. The van der Waals surface area contributed by atoms with E-state index in [0.29, 0.717) is 13.0 Å². The number of hydrazine groups is 1. The fourth-order valence-corrected chi connectivity index (χ4v) is 1.03. The van der Waals surface area contributed by atoms with Gasteiger partial charge in [-0.3, -0.25) is 0 Å². The van der Waals surface area contributed by atoms with Crippen LogP contribution in [0.3, 0.4) is 0 Å². The summed E-state index contributed by atoms with van der Waals surface area (Å²) in [5.41, 5.74) is 2.03. The van der Waals surface area contributed by atoms with Crippen LogP contribution in [-0.2, 0) is 6.18 Å². The highest BCUT2D eigenvalue weighted by Crippen LogP contribution is 2.28. The lowest BCUT2D eigenvalue weighted by Crippen LogP contribution is -2.17. The molecule has 9 heteroatoms. The smallest absolute Gasteiger partial charge is 0.396 e. The van der Waals surface area contributed by atoms with Gasteiger partial charge in [0.05, 0.1) is 0 Å². The van der Waals surface area contributed by atoms with Gasteiger partial charge in [-0.05, 0) is 6.42 Å². The third-order valence-electron chi connectivity index (χ3n) is 1.77. The van der Waals surface area contributed by atoms with Crippen LogP contribution in [0.2, 0.25) is 0 Å². The first-order valence-corrected chi connectivity index (χ1v) is 4.75. The Bertz CT molecular complexity index is 371. The monoisotopic (exact) mass is 251 g/mol. The Balaban J connectivity index is 2.89. The van der Waals surface area contributed by atoms with Crippen molar-refractivity contribution >= 4 is 11.6 Å². The summed E-state index contributed by atoms with van der Waals surface area (Å²) in [4.78, 5) is 6.49.